The molecule has 0 saturated heterocycles. The summed E-state index contributed by atoms with van der Waals surface area (Å²) in [6.07, 6.45) is -5.54. The summed E-state index contributed by atoms with van der Waals surface area (Å²) >= 11 is 0. The molecule has 8 heteroatoms. The summed E-state index contributed by atoms with van der Waals surface area (Å²) in [5, 5.41) is 2.21. The molecule has 1 aromatic rings. The number of nitrogens with one attached hydrogen (secondary N) is 1. The first-order valence-electron chi connectivity index (χ1n) is 8.11. The molecule has 2 saturated carbocycles. The third kappa shape index (κ3) is 4.10. The molecule has 25 heavy (non-hydrogen) atoms. The molecule has 1 aromatic carbocycles. The van der Waals surface area contributed by atoms with E-state index in [9.17, 15) is 31.1 Å². The molecule has 3 atom stereocenters. The number of halogens is 6. The molecule has 1 N–H and O–H groups in total. The van der Waals surface area contributed by atoms with Gasteiger partial charge in [-0.15, -0.1) is 0 Å². The van der Waals surface area contributed by atoms with Crippen LogP contribution in [0.1, 0.15) is 43.2 Å². The highest BCUT2D eigenvalue weighted by Crippen LogP contribution is 2.49. The van der Waals surface area contributed by atoms with E-state index in [0.29, 0.717) is 24.0 Å². The highest BCUT2D eigenvalue weighted by atomic mass is 19.4. The summed E-state index contributed by atoms with van der Waals surface area (Å²) in [7, 11) is 0. The predicted molar refractivity (Wildman–Crippen MR) is 78.6 cm³/mol. The minimum Gasteiger partial charge on any atom is -0.326 e. The lowest BCUT2D eigenvalue weighted by atomic mass is 9.86. The van der Waals surface area contributed by atoms with Crippen LogP contribution in [-0.4, -0.2) is 5.91 Å². The van der Waals surface area contributed by atoms with Crippen molar-refractivity contribution in [3.8, 4) is 0 Å². The van der Waals surface area contributed by atoms with Crippen LogP contribution < -0.4 is 5.32 Å². The SMILES string of the molecule is O=C(C[C@H]1C[C@@H]2CC[C@@H]1C2)Nc1cc(C(F)(F)F)cc(C(F)(F)F)c1. The Hall–Kier alpha value is -1.73. The maximum atomic E-state index is 12.8. The number of rotatable bonds is 3. The lowest BCUT2D eigenvalue weighted by molar-refractivity contribution is -0.143. The normalized spacial score (nSPS) is 26.1. The van der Waals surface area contributed by atoms with Crippen LogP contribution >= 0.6 is 0 Å². The molecule has 138 valence electrons. The summed E-state index contributed by atoms with van der Waals surface area (Å²) in [6, 6.07) is 1.12. The zero-order valence-corrected chi connectivity index (χ0v) is 13.2. The lowest BCUT2D eigenvalue weighted by Crippen LogP contribution is -2.21. The van der Waals surface area contributed by atoms with Crippen molar-refractivity contribution < 1.29 is 31.1 Å². The first kappa shape index (κ1) is 18.1. The number of alkyl halides is 6. The molecule has 1 amide bonds. The van der Waals surface area contributed by atoms with Crippen LogP contribution in [0, 0.1) is 17.8 Å². The second-order valence-electron chi connectivity index (χ2n) is 6.98. The zero-order valence-electron chi connectivity index (χ0n) is 13.2. The minimum absolute atomic E-state index is 0.0472. The molecular formula is C17H17F6NO. The van der Waals surface area contributed by atoms with Gasteiger partial charge in [-0.3, -0.25) is 4.79 Å². The van der Waals surface area contributed by atoms with Crippen molar-refractivity contribution in [2.45, 2.75) is 44.5 Å². The first-order valence-corrected chi connectivity index (χ1v) is 8.11. The maximum Gasteiger partial charge on any atom is 0.416 e. The molecular weight excluding hydrogens is 348 g/mol. The first-order chi connectivity index (χ1) is 11.5. The average molecular weight is 365 g/mol. The van der Waals surface area contributed by atoms with Gasteiger partial charge in [-0.05, 0) is 55.2 Å². The maximum absolute atomic E-state index is 12.8. The Morgan fingerprint density at radius 2 is 1.56 bits per heavy atom. The summed E-state index contributed by atoms with van der Waals surface area (Å²) in [5.74, 6) is 0.688. The third-order valence-electron chi connectivity index (χ3n) is 5.20. The van der Waals surface area contributed by atoms with Gasteiger partial charge >= 0.3 is 12.4 Å². The largest absolute Gasteiger partial charge is 0.416 e. The van der Waals surface area contributed by atoms with Crippen molar-refractivity contribution in [3.63, 3.8) is 0 Å². The number of hydrogen-bond donors (Lipinski definition) is 1. The molecule has 0 aliphatic heterocycles. The van der Waals surface area contributed by atoms with Gasteiger partial charge in [0.05, 0.1) is 11.1 Å². The zero-order chi connectivity index (χ0) is 18.4. The number of benzene rings is 1. The molecule has 3 rings (SSSR count). The fourth-order valence-corrected chi connectivity index (χ4v) is 4.10. The van der Waals surface area contributed by atoms with Gasteiger partial charge in [-0.2, -0.15) is 26.3 Å². The Morgan fingerprint density at radius 1 is 0.960 bits per heavy atom. The fourth-order valence-electron chi connectivity index (χ4n) is 4.10. The number of amides is 1. The van der Waals surface area contributed by atoms with Crippen LogP contribution in [0.4, 0.5) is 32.0 Å². The van der Waals surface area contributed by atoms with Gasteiger partial charge in [0.1, 0.15) is 0 Å². The predicted octanol–water partition coefficient (Wildman–Crippen LogP) is 5.49. The van der Waals surface area contributed by atoms with Gasteiger partial charge in [0.2, 0.25) is 5.91 Å². The van der Waals surface area contributed by atoms with E-state index in [-0.39, 0.29) is 18.4 Å². The summed E-state index contributed by atoms with van der Waals surface area (Å²) in [5.41, 5.74) is -3.34. The van der Waals surface area contributed by atoms with Crippen LogP contribution in [0.25, 0.3) is 0 Å². The molecule has 0 aromatic heterocycles. The summed E-state index contributed by atoms with van der Waals surface area (Å²) < 4.78 is 76.9. The number of hydrogen-bond acceptors (Lipinski definition) is 1. The molecule has 2 aliphatic carbocycles. The Balaban J connectivity index is 1.75. The van der Waals surface area contributed by atoms with E-state index in [4.69, 9.17) is 0 Å². The molecule has 0 spiro atoms. The number of fused-ring (bicyclic) bond motifs is 2. The van der Waals surface area contributed by atoms with Gasteiger partial charge in [0.15, 0.2) is 0 Å². The number of anilines is 1. The van der Waals surface area contributed by atoms with Crippen molar-refractivity contribution >= 4 is 11.6 Å². The molecule has 2 nitrogen and oxygen atoms in total. The molecule has 2 fully saturated rings. The van der Waals surface area contributed by atoms with Crippen molar-refractivity contribution in [1.82, 2.24) is 0 Å². The Labute approximate surface area is 140 Å². The van der Waals surface area contributed by atoms with E-state index in [1.165, 1.54) is 0 Å². The van der Waals surface area contributed by atoms with Gasteiger partial charge in [-0.1, -0.05) is 6.42 Å². The van der Waals surface area contributed by atoms with Crippen LogP contribution in [0.2, 0.25) is 0 Å². The van der Waals surface area contributed by atoms with Crippen LogP contribution in [0.5, 0.6) is 0 Å². The van der Waals surface area contributed by atoms with Crippen molar-refractivity contribution in [1.29, 1.82) is 0 Å². The quantitative estimate of drug-likeness (QED) is 0.705. The third-order valence-corrected chi connectivity index (χ3v) is 5.20. The average Bonchev–Trinajstić information content (AvgIpc) is 3.07. The van der Waals surface area contributed by atoms with Gasteiger partial charge in [0.25, 0.3) is 0 Å². The molecule has 0 unspecified atom stereocenters. The van der Waals surface area contributed by atoms with Crippen LogP contribution in [-0.2, 0) is 17.1 Å². The fraction of sp³-hybridized carbons (Fsp3) is 0.588. The second-order valence-corrected chi connectivity index (χ2v) is 6.98. The minimum atomic E-state index is -4.93. The van der Waals surface area contributed by atoms with Crippen LogP contribution in [0.15, 0.2) is 18.2 Å². The van der Waals surface area contributed by atoms with E-state index < -0.39 is 35.1 Å². The van der Waals surface area contributed by atoms with E-state index in [1.807, 2.05) is 0 Å². The van der Waals surface area contributed by atoms with Crippen LogP contribution in [0.3, 0.4) is 0 Å². The molecule has 2 bridgehead atoms. The highest BCUT2D eigenvalue weighted by Gasteiger charge is 2.40. The highest BCUT2D eigenvalue weighted by molar-refractivity contribution is 5.91. The monoisotopic (exact) mass is 365 g/mol. The smallest absolute Gasteiger partial charge is 0.326 e. The molecule has 0 heterocycles. The summed E-state index contributed by atoms with van der Waals surface area (Å²) in [4.78, 5) is 12.1. The molecule has 0 radical (unpaired) electrons. The Morgan fingerprint density at radius 3 is 2.00 bits per heavy atom. The Bertz CT molecular complexity index is 634. The van der Waals surface area contributed by atoms with Gasteiger partial charge in [0, 0.05) is 12.1 Å². The van der Waals surface area contributed by atoms with E-state index in [1.54, 1.807) is 0 Å². The van der Waals surface area contributed by atoms with Crippen molar-refractivity contribution in [3.05, 3.63) is 29.3 Å². The summed E-state index contributed by atoms with van der Waals surface area (Å²) in [6.45, 7) is 0. The standard InChI is InChI=1S/C17H17F6NO/c18-16(19,20)12-6-13(17(21,22)23)8-14(7-12)24-15(25)5-11-4-9-1-2-10(11)3-9/h6-11H,1-5H2,(H,24,25)/t9-,10-,11-/m1/s1. The topological polar surface area (TPSA) is 29.1 Å². The van der Waals surface area contributed by atoms with Gasteiger partial charge < -0.3 is 5.32 Å². The van der Waals surface area contributed by atoms with E-state index >= 15 is 0 Å². The number of carbonyl (C=O) groups is 1. The lowest BCUT2D eigenvalue weighted by Gasteiger charge is -2.21. The molecule has 2 aliphatic rings. The van der Waals surface area contributed by atoms with E-state index in [2.05, 4.69) is 5.32 Å². The van der Waals surface area contributed by atoms with Gasteiger partial charge in [-0.25, -0.2) is 0 Å². The van der Waals surface area contributed by atoms with E-state index in [0.717, 1.165) is 25.7 Å². The van der Waals surface area contributed by atoms with Crippen molar-refractivity contribution in [2.75, 3.05) is 5.32 Å². The van der Waals surface area contributed by atoms with Crippen molar-refractivity contribution in [2.24, 2.45) is 17.8 Å². The Kier molecular flexibility index (Phi) is 4.49. The number of carbonyl (C=O) groups excluding carboxylic acids is 1. The second kappa shape index (κ2) is 6.21.